The van der Waals surface area contributed by atoms with E-state index in [9.17, 15) is 13.2 Å². The maximum atomic E-state index is 11.4. The molecule has 0 heterocycles. The van der Waals surface area contributed by atoms with E-state index in [0.717, 1.165) is 25.7 Å². The van der Waals surface area contributed by atoms with Gasteiger partial charge in [-0.3, -0.25) is 4.79 Å². The molecule has 1 N–H and O–H groups in total. The Morgan fingerprint density at radius 3 is 2.47 bits per heavy atom. The van der Waals surface area contributed by atoms with E-state index < -0.39 is 10.0 Å². The van der Waals surface area contributed by atoms with Gasteiger partial charge in [0.25, 0.3) is 0 Å². The molecule has 0 aliphatic carbocycles. The molecule has 5 nitrogen and oxygen atoms in total. The molecule has 6 heteroatoms. The third-order valence-electron chi connectivity index (χ3n) is 2.37. The van der Waals surface area contributed by atoms with Gasteiger partial charge >= 0.3 is 5.97 Å². The molecular weight excluding hydrogens is 242 g/mol. The zero-order chi connectivity index (χ0) is 13.1. The van der Waals surface area contributed by atoms with Gasteiger partial charge in [0.15, 0.2) is 0 Å². The van der Waals surface area contributed by atoms with Crippen molar-refractivity contribution in [3.63, 3.8) is 0 Å². The van der Waals surface area contributed by atoms with Gasteiger partial charge in [0, 0.05) is 13.0 Å². The summed E-state index contributed by atoms with van der Waals surface area (Å²) in [7, 11) is -1.73. The quantitative estimate of drug-likeness (QED) is 0.479. The molecule has 0 aromatic carbocycles. The van der Waals surface area contributed by atoms with Gasteiger partial charge in [-0.25, -0.2) is 13.1 Å². The third kappa shape index (κ3) is 10.3. The minimum absolute atomic E-state index is 0.200. The van der Waals surface area contributed by atoms with E-state index >= 15 is 0 Å². The summed E-state index contributed by atoms with van der Waals surface area (Å²) >= 11 is 0. The SMILES string of the molecule is CCCCS(=O)(=O)NCCCCCC(=O)OC. The summed E-state index contributed by atoms with van der Waals surface area (Å²) in [5.74, 6) is -0.0143. The summed E-state index contributed by atoms with van der Waals surface area (Å²) in [6.07, 6.45) is 4.29. The topological polar surface area (TPSA) is 72.5 Å². The highest BCUT2D eigenvalue weighted by Crippen LogP contribution is 2.01. The number of methoxy groups -OCH3 is 1. The first kappa shape index (κ1) is 16.4. The van der Waals surface area contributed by atoms with Gasteiger partial charge in [-0.2, -0.15) is 0 Å². The normalized spacial score (nSPS) is 11.4. The van der Waals surface area contributed by atoms with Crippen molar-refractivity contribution in [1.29, 1.82) is 0 Å². The first-order chi connectivity index (χ1) is 8.02. The monoisotopic (exact) mass is 265 g/mol. The van der Waals surface area contributed by atoms with Crippen molar-refractivity contribution in [3.05, 3.63) is 0 Å². The molecule has 0 rings (SSSR count). The molecule has 0 radical (unpaired) electrons. The Balaban J connectivity index is 3.48. The number of ether oxygens (including phenoxy) is 1. The van der Waals surface area contributed by atoms with E-state index in [0.29, 0.717) is 19.4 Å². The van der Waals surface area contributed by atoms with Crippen LogP contribution in [0.25, 0.3) is 0 Å². The minimum Gasteiger partial charge on any atom is -0.469 e. The fourth-order valence-corrected chi connectivity index (χ4v) is 2.58. The predicted molar refractivity (Wildman–Crippen MR) is 67.2 cm³/mol. The fraction of sp³-hybridized carbons (Fsp3) is 0.909. The van der Waals surface area contributed by atoms with Gasteiger partial charge in [-0.15, -0.1) is 0 Å². The van der Waals surface area contributed by atoms with Gasteiger partial charge in [0.1, 0.15) is 0 Å². The second-order valence-corrected chi connectivity index (χ2v) is 5.88. The lowest BCUT2D eigenvalue weighted by molar-refractivity contribution is -0.140. The van der Waals surface area contributed by atoms with E-state index in [4.69, 9.17) is 0 Å². The Hall–Kier alpha value is -0.620. The predicted octanol–water partition coefficient (Wildman–Crippen LogP) is 1.44. The standard InChI is InChI=1S/C11H23NO4S/c1-3-4-10-17(14,15)12-9-7-5-6-8-11(13)16-2/h12H,3-10H2,1-2H3. The van der Waals surface area contributed by atoms with Crippen molar-refractivity contribution in [3.8, 4) is 0 Å². The summed E-state index contributed by atoms with van der Waals surface area (Å²) in [5, 5.41) is 0. The first-order valence-corrected chi connectivity index (χ1v) is 7.71. The summed E-state index contributed by atoms with van der Waals surface area (Å²) in [6, 6.07) is 0. The number of carbonyl (C=O) groups excluding carboxylic acids is 1. The average molecular weight is 265 g/mol. The van der Waals surface area contributed by atoms with Crippen molar-refractivity contribution in [1.82, 2.24) is 4.72 Å². The van der Waals surface area contributed by atoms with E-state index in [-0.39, 0.29) is 11.7 Å². The molecule has 0 aliphatic rings. The molecule has 0 saturated carbocycles. The van der Waals surface area contributed by atoms with Crippen molar-refractivity contribution in [2.24, 2.45) is 0 Å². The van der Waals surface area contributed by atoms with Crippen molar-refractivity contribution >= 4 is 16.0 Å². The molecule has 0 fully saturated rings. The molecular formula is C11H23NO4S. The molecule has 0 atom stereocenters. The van der Waals surface area contributed by atoms with Gasteiger partial charge < -0.3 is 4.74 Å². The minimum atomic E-state index is -3.09. The highest BCUT2D eigenvalue weighted by atomic mass is 32.2. The Kier molecular flexibility index (Phi) is 9.07. The van der Waals surface area contributed by atoms with Crippen LogP contribution in [0.2, 0.25) is 0 Å². The van der Waals surface area contributed by atoms with Crippen LogP contribution in [0.1, 0.15) is 45.4 Å². The summed E-state index contributed by atoms with van der Waals surface area (Å²) in [4.78, 5) is 10.8. The van der Waals surface area contributed by atoms with Crippen molar-refractivity contribution in [2.75, 3.05) is 19.4 Å². The van der Waals surface area contributed by atoms with Crippen LogP contribution >= 0.6 is 0 Å². The fourth-order valence-electron chi connectivity index (χ4n) is 1.31. The number of hydrogen-bond donors (Lipinski definition) is 1. The van der Waals surface area contributed by atoms with Gasteiger partial charge in [-0.1, -0.05) is 19.8 Å². The van der Waals surface area contributed by atoms with Crippen molar-refractivity contribution in [2.45, 2.75) is 45.4 Å². The molecule has 0 saturated heterocycles. The number of hydrogen-bond acceptors (Lipinski definition) is 4. The van der Waals surface area contributed by atoms with Gasteiger partial charge in [0.05, 0.1) is 12.9 Å². The molecule has 17 heavy (non-hydrogen) atoms. The zero-order valence-corrected chi connectivity index (χ0v) is 11.5. The third-order valence-corrected chi connectivity index (χ3v) is 3.84. The largest absolute Gasteiger partial charge is 0.469 e. The van der Waals surface area contributed by atoms with Crippen LogP contribution in [0, 0.1) is 0 Å². The number of carbonyl (C=O) groups is 1. The van der Waals surface area contributed by atoms with E-state index in [1.807, 2.05) is 6.92 Å². The number of unbranched alkanes of at least 4 members (excludes halogenated alkanes) is 3. The molecule has 0 spiro atoms. The maximum absolute atomic E-state index is 11.4. The van der Waals surface area contributed by atoms with Crippen LogP contribution in [-0.4, -0.2) is 33.8 Å². The second kappa shape index (κ2) is 9.41. The van der Waals surface area contributed by atoms with Crippen LogP contribution in [0.4, 0.5) is 0 Å². The van der Waals surface area contributed by atoms with Crippen LogP contribution in [-0.2, 0) is 19.6 Å². The molecule has 102 valence electrons. The molecule has 0 aliphatic heterocycles. The summed E-state index contributed by atoms with van der Waals surface area (Å²) in [6.45, 7) is 2.41. The lowest BCUT2D eigenvalue weighted by atomic mass is 10.2. The number of nitrogens with one attached hydrogen (secondary N) is 1. The summed E-state index contributed by atoms with van der Waals surface area (Å²) < 4.78 is 29.8. The van der Waals surface area contributed by atoms with Crippen LogP contribution in [0.3, 0.4) is 0 Å². The Bertz CT molecular complexity index is 301. The highest BCUT2D eigenvalue weighted by Gasteiger charge is 2.07. The van der Waals surface area contributed by atoms with Crippen LogP contribution < -0.4 is 4.72 Å². The first-order valence-electron chi connectivity index (χ1n) is 6.06. The molecule has 0 aromatic rings. The molecule has 0 unspecified atom stereocenters. The lowest BCUT2D eigenvalue weighted by Gasteiger charge is -2.05. The molecule has 0 bridgehead atoms. The molecule has 0 aromatic heterocycles. The Morgan fingerprint density at radius 1 is 1.18 bits per heavy atom. The maximum Gasteiger partial charge on any atom is 0.305 e. The number of esters is 1. The Morgan fingerprint density at radius 2 is 1.88 bits per heavy atom. The smallest absolute Gasteiger partial charge is 0.305 e. The zero-order valence-electron chi connectivity index (χ0n) is 10.7. The van der Waals surface area contributed by atoms with Crippen LogP contribution in [0.15, 0.2) is 0 Å². The Labute approximate surface area is 104 Å². The lowest BCUT2D eigenvalue weighted by Crippen LogP contribution is -2.27. The van der Waals surface area contributed by atoms with Gasteiger partial charge in [0.2, 0.25) is 10.0 Å². The van der Waals surface area contributed by atoms with Crippen molar-refractivity contribution < 1.29 is 17.9 Å². The van der Waals surface area contributed by atoms with E-state index in [1.54, 1.807) is 0 Å². The number of sulfonamides is 1. The number of rotatable bonds is 10. The van der Waals surface area contributed by atoms with Gasteiger partial charge in [-0.05, 0) is 19.3 Å². The van der Waals surface area contributed by atoms with E-state index in [1.165, 1.54) is 7.11 Å². The van der Waals surface area contributed by atoms with E-state index in [2.05, 4.69) is 9.46 Å². The van der Waals surface area contributed by atoms with Crippen LogP contribution in [0.5, 0.6) is 0 Å². The highest BCUT2D eigenvalue weighted by molar-refractivity contribution is 7.89. The summed E-state index contributed by atoms with van der Waals surface area (Å²) in [5.41, 5.74) is 0. The average Bonchev–Trinajstić information content (AvgIpc) is 2.30. The second-order valence-electron chi connectivity index (χ2n) is 3.95. The molecule has 0 amide bonds.